The van der Waals surface area contributed by atoms with E-state index in [1.54, 1.807) is 17.0 Å². The van der Waals surface area contributed by atoms with Crippen LogP contribution in [0.15, 0.2) is 18.2 Å². The van der Waals surface area contributed by atoms with Crippen LogP contribution in [0, 0.1) is 9.49 Å². The van der Waals surface area contributed by atoms with Crippen LogP contribution in [0.3, 0.4) is 0 Å². The lowest BCUT2D eigenvalue weighted by Gasteiger charge is -2.38. The zero-order valence-corrected chi connectivity index (χ0v) is 12.8. The number of halogens is 2. The molecule has 1 heterocycles. The molecule has 1 aromatic carbocycles. The number of urea groups is 1. The number of carboxylic acid groups (broad SMARTS) is 1. The summed E-state index contributed by atoms with van der Waals surface area (Å²) in [7, 11) is 0. The summed E-state index contributed by atoms with van der Waals surface area (Å²) in [6.45, 7) is 0.944. The third-order valence-corrected chi connectivity index (χ3v) is 3.88. The monoisotopic (exact) mass is 394 g/mol. The van der Waals surface area contributed by atoms with Crippen LogP contribution in [0.2, 0.25) is 5.02 Å². The van der Waals surface area contributed by atoms with Gasteiger partial charge in [-0.2, -0.15) is 0 Å². The Morgan fingerprint density at radius 2 is 2.16 bits per heavy atom. The van der Waals surface area contributed by atoms with Gasteiger partial charge in [0, 0.05) is 22.6 Å². The minimum Gasteiger partial charge on any atom is -0.481 e. The number of hydrogen-bond acceptors (Lipinski definition) is 2. The number of carboxylic acids is 1. The number of carbonyl (C=O) groups excluding carboxylic acids is 1. The van der Waals surface area contributed by atoms with E-state index in [4.69, 9.17) is 16.7 Å². The predicted molar refractivity (Wildman–Crippen MR) is 80.5 cm³/mol. The highest BCUT2D eigenvalue weighted by molar-refractivity contribution is 14.1. The van der Waals surface area contributed by atoms with Gasteiger partial charge in [-0.15, -0.1) is 0 Å². The smallest absolute Gasteiger partial charge is 0.321 e. The molecule has 2 rings (SSSR count). The summed E-state index contributed by atoms with van der Waals surface area (Å²) in [5, 5.41) is 11.9. The molecule has 102 valence electrons. The number of anilines is 1. The molecule has 2 amide bonds. The van der Waals surface area contributed by atoms with Crippen molar-refractivity contribution in [1.29, 1.82) is 0 Å². The second-order valence-corrected chi connectivity index (χ2v) is 6.08. The van der Waals surface area contributed by atoms with Crippen LogP contribution in [-0.2, 0) is 4.79 Å². The zero-order valence-electron chi connectivity index (χ0n) is 9.90. The van der Waals surface area contributed by atoms with E-state index in [0.29, 0.717) is 23.8 Å². The SMILES string of the molecule is O=C(O)CC1CN(C(=O)Nc2cc(I)ccc2Cl)C1. The number of benzene rings is 1. The van der Waals surface area contributed by atoms with E-state index in [1.807, 2.05) is 6.07 Å². The molecule has 1 saturated heterocycles. The van der Waals surface area contributed by atoms with Crippen molar-refractivity contribution in [2.45, 2.75) is 6.42 Å². The Morgan fingerprint density at radius 3 is 2.79 bits per heavy atom. The Kier molecular flexibility index (Phi) is 4.51. The lowest BCUT2D eigenvalue weighted by atomic mass is 9.97. The summed E-state index contributed by atoms with van der Waals surface area (Å²) < 4.78 is 0.977. The van der Waals surface area contributed by atoms with E-state index >= 15 is 0 Å². The van der Waals surface area contributed by atoms with E-state index in [9.17, 15) is 9.59 Å². The van der Waals surface area contributed by atoms with Gasteiger partial charge in [0.05, 0.1) is 17.1 Å². The highest BCUT2D eigenvalue weighted by atomic mass is 127. The van der Waals surface area contributed by atoms with E-state index in [1.165, 1.54) is 0 Å². The van der Waals surface area contributed by atoms with Gasteiger partial charge in [-0.3, -0.25) is 4.79 Å². The minimum absolute atomic E-state index is 0.0506. The molecule has 19 heavy (non-hydrogen) atoms. The molecule has 0 bridgehead atoms. The second kappa shape index (κ2) is 5.96. The first-order chi connectivity index (χ1) is 8.95. The van der Waals surface area contributed by atoms with Crippen molar-refractivity contribution < 1.29 is 14.7 Å². The standard InChI is InChI=1S/C12H12ClIN2O3/c13-9-2-1-8(14)4-10(9)15-12(19)16-5-7(6-16)3-11(17)18/h1-2,4,7H,3,5-6H2,(H,15,19)(H,17,18). The molecule has 0 saturated carbocycles. The molecular formula is C12H12ClIN2O3. The normalized spacial score (nSPS) is 14.9. The topological polar surface area (TPSA) is 69.6 Å². The lowest BCUT2D eigenvalue weighted by molar-refractivity contribution is -0.139. The summed E-state index contributed by atoms with van der Waals surface area (Å²) in [6.07, 6.45) is 0.105. The first-order valence-corrected chi connectivity index (χ1v) is 7.14. The summed E-state index contributed by atoms with van der Waals surface area (Å²) in [6, 6.07) is 5.12. The van der Waals surface area contributed by atoms with Crippen molar-refractivity contribution in [3.8, 4) is 0 Å². The summed E-state index contributed by atoms with van der Waals surface area (Å²) in [5.74, 6) is -0.777. The molecule has 0 spiro atoms. The summed E-state index contributed by atoms with van der Waals surface area (Å²) in [4.78, 5) is 24.0. The van der Waals surface area contributed by atoms with E-state index in [0.717, 1.165) is 3.57 Å². The molecule has 7 heteroatoms. The number of rotatable bonds is 3. The first-order valence-electron chi connectivity index (χ1n) is 5.68. The highest BCUT2D eigenvalue weighted by Gasteiger charge is 2.32. The fourth-order valence-corrected chi connectivity index (χ4v) is 2.56. The number of nitrogens with one attached hydrogen (secondary N) is 1. The molecule has 0 radical (unpaired) electrons. The van der Waals surface area contributed by atoms with Gasteiger partial charge in [-0.25, -0.2) is 4.79 Å². The van der Waals surface area contributed by atoms with Crippen LogP contribution in [0.1, 0.15) is 6.42 Å². The van der Waals surface area contributed by atoms with E-state index in [-0.39, 0.29) is 18.4 Å². The number of carbonyl (C=O) groups is 2. The molecule has 1 aromatic rings. The highest BCUT2D eigenvalue weighted by Crippen LogP contribution is 2.26. The van der Waals surface area contributed by atoms with Gasteiger partial charge < -0.3 is 15.3 Å². The van der Waals surface area contributed by atoms with E-state index < -0.39 is 5.97 Å². The first kappa shape index (κ1) is 14.4. The molecule has 5 nitrogen and oxygen atoms in total. The molecule has 0 aromatic heterocycles. The average molecular weight is 395 g/mol. The molecule has 1 aliphatic rings. The molecule has 0 unspecified atom stereocenters. The Labute approximate surface area is 129 Å². The van der Waals surface area contributed by atoms with Crippen LogP contribution < -0.4 is 5.32 Å². The molecule has 0 aliphatic carbocycles. The maximum Gasteiger partial charge on any atom is 0.321 e. The van der Waals surface area contributed by atoms with Gasteiger partial charge in [0.25, 0.3) is 0 Å². The number of aliphatic carboxylic acids is 1. The Bertz CT molecular complexity index is 518. The number of amides is 2. The van der Waals surface area contributed by atoms with Crippen LogP contribution in [-0.4, -0.2) is 35.1 Å². The van der Waals surface area contributed by atoms with Crippen LogP contribution >= 0.6 is 34.2 Å². The minimum atomic E-state index is -0.828. The summed E-state index contributed by atoms with van der Waals surface area (Å²) in [5.41, 5.74) is 0.570. The Morgan fingerprint density at radius 1 is 1.47 bits per heavy atom. The number of nitrogens with zero attached hydrogens (tertiary/aromatic N) is 1. The van der Waals surface area contributed by atoms with Crippen molar-refractivity contribution in [3.05, 3.63) is 26.8 Å². The lowest BCUT2D eigenvalue weighted by Crippen LogP contribution is -2.52. The van der Waals surface area contributed by atoms with Gasteiger partial charge in [0.2, 0.25) is 0 Å². The molecular weight excluding hydrogens is 383 g/mol. The molecule has 1 aliphatic heterocycles. The van der Waals surface area contributed by atoms with E-state index in [2.05, 4.69) is 27.9 Å². The average Bonchev–Trinajstić information content (AvgIpc) is 2.27. The van der Waals surface area contributed by atoms with Crippen molar-refractivity contribution in [2.75, 3.05) is 18.4 Å². The Balaban J connectivity index is 1.89. The summed E-state index contributed by atoms with van der Waals surface area (Å²) >= 11 is 8.13. The quantitative estimate of drug-likeness (QED) is 0.775. The van der Waals surface area contributed by atoms with Crippen molar-refractivity contribution in [2.24, 2.45) is 5.92 Å². The number of likely N-dealkylation sites (tertiary alicyclic amines) is 1. The van der Waals surface area contributed by atoms with Crippen LogP contribution in [0.4, 0.5) is 10.5 Å². The van der Waals surface area contributed by atoms with Crippen molar-refractivity contribution in [1.82, 2.24) is 4.90 Å². The second-order valence-electron chi connectivity index (χ2n) is 4.42. The molecule has 1 fully saturated rings. The van der Waals surface area contributed by atoms with Gasteiger partial charge in [0.15, 0.2) is 0 Å². The van der Waals surface area contributed by atoms with Gasteiger partial charge in [-0.1, -0.05) is 11.6 Å². The maximum absolute atomic E-state index is 11.9. The molecule has 2 N–H and O–H groups in total. The fourth-order valence-electron chi connectivity index (χ4n) is 1.90. The predicted octanol–water partition coefficient (Wildman–Crippen LogP) is 2.88. The zero-order chi connectivity index (χ0) is 14.0. The third kappa shape index (κ3) is 3.73. The maximum atomic E-state index is 11.9. The molecule has 0 atom stereocenters. The number of hydrogen-bond donors (Lipinski definition) is 2. The third-order valence-electron chi connectivity index (χ3n) is 2.88. The van der Waals surface area contributed by atoms with Crippen molar-refractivity contribution >= 4 is 51.9 Å². The van der Waals surface area contributed by atoms with Crippen LogP contribution in [0.5, 0.6) is 0 Å². The van der Waals surface area contributed by atoms with Gasteiger partial charge in [-0.05, 0) is 40.8 Å². The van der Waals surface area contributed by atoms with Crippen molar-refractivity contribution in [3.63, 3.8) is 0 Å². The van der Waals surface area contributed by atoms with Gasteiger partial charge in [0.1, 0.15) is 0 Å². The van der Waals surface area contributed by atoms with Gasteiger partial charge >= 0.3 is 12.0 Å². The fraction of sp³-hybridized carbons (Fsp3) is 0.333. The Hall–Kier alpha value is -1.02. The largest absolute Gasteiger partial charge is 0.481 e. The van der Waals surface area contributed by atoms with Crippen LogP contribution in [0.25, 0.3) is 0 Å².